The van der Waals surface area contributed by atoms with Gasteiger partial charge in [-0.3, -0.25) is 4.79 Å². The van der Waals surface area contributed by atoms with E-state index in [9.17, 15) is 14.0 Å². The molecule has 0 heterocycles. The molecule has 0 fully saturated rings. The Morgan fingerprint density at radius 3 is 2.64 bits per heavy atom. The Labute approximate surface area is 83.9 Å². The number of halogens is 1. The normalized spacial score (nSPS) is 9.86. The first-order valence-corrected chi connectivity index (χ1v) is 4.88. The number of hydrogen-bond acceptors (Lipinski definition) is 3. The molecule has 1 rings (SSSR count). The summed E-state index contributed by atoms with van der Waals surface area (Å²) in [7, 11) is 0. The summed E-state index contributed by atoms with van der Waals surface area (Å²) in [6, 6.07) is 2.52. The number of benzene rings is 1. The van der Waals surface area contributed by atoms with Gasteiger partial charge < -0.3 is 5.11 Å². The zero-order valence-electron chi connectivity index (χ0n) is 7.28. The molecule has 0 radical (unpaired) electrons. The number of thioether (sulfide) groups is 1. The van der Waals surface area contributed by atoms with Gasteiger partial charge >= 0.3 is 5.97 Å². The van der Waals surface area contributed by atoms with Gasteiger partial charge in [-0.1, -0.05) is 0 Å². The number of rotatable bonds is 3. The van der Waals surface area contributed by atoms with Crippen LogP contribution in [0.15, 0.2) is 17.0 Å². The maximum Gasteiger partial charge on any atom is 0.338 e. The second kappa shape index (κ2) is 4.23. The van der Waals surface area contributed by atoms with Gasteiger partial charge in [-0.2, -0.15) is 0 Å². The van der Waals surface area contributed by atoms with E-state index in [1.54, 1.807) is 6.26 Å². The van der Waals surface area contributed by atoms with E-state index in [0.29, 0.717) is 11.2 Å². The molecule has 1 N–H and O–H groups in total. The van der Waals surface area contributed by atoms with Crippen LogP contribution in [0.25, 0.3) is 0 Å². The van der Waals surface area contributed by atoms with Crippen molar-refractivity contribution in [2.45, 2.75) is 4.90 Å². The largest absolute Gasteiger partial charge is 0.478 e. The van der Waals surface area contributed by atoms with Crippen molar-refractivity contribution < 1.29 is 19.1 Å². The van der Waals surface area contributed by atoms with Crippen molar-refractivity contribution in [3.8, 4) is 0 Å². The molecule has 0 bridgehead atoms. The summed E-state index contributed by atoms with van der Waals surface area (Å²) in [4.78, 5) is 21.6. The molecular weight excluding hydrogens is 207 g/mol. The first kappa shape index (κ1) is 10.7. The molecule has 14 heavy (non-hydrogen) atoms. The van der Waals surface area contributed by atoms with Gasteiger partial charge in [0.25, 0.3) is 0 Å². The molecule has 0 aromatic heterocycles. The van der Waals surface area contributed by atoms with Crippen molar-refractivity contribution in [1.29, 1.82) is 0 Å². The highest BCUT2D eigenvalue weighted by Gasteiger charge is 2.15. The van der Waals surface area contributed by atoms with Crippen LogP contribution in [0.5, 0.6) is 0 Å². The van der Waals surface area contributed by atoms with Crippen LogP contribution in [0.3, 0.4) is 0 Å². The minimum absolute atomic E-state index is 0.228. The lowest BCUT2D eigenvalue weighted by Crippen LogP contribution is -2.04. The van der Waals surface area contributed by atoms with E-state index >= 15 is 0 Å². The van der Waals surface area contributed by atoms with E-state index in [4.69, 9.17) is 5.11 Å². The molecule has 0 saturated carbocycles. The molecule has 0 atom stereocenters. The van der Waals surface area contributed by atoms with E-state index in [1.807, 2.05) is 0 Å². The Morgan fingerprint density at radius 1 is 1.57 bits per heavy atom. The maximum absolute atomic E-state index is 13.2. The van der Waals surface area contributed by atoms with E-state index in [-0.39, 0.29) is 5.56 Å². The number of carbonyl (C=O) groups excluding carboxylic acids is 1. The molecular formula is C9H7FO3S. The van der Waals surface area contributed by atoms with Gasteiger partial charge in [-0.25, -0.2) is 9.18 Å². The molecule has 0 spiro atoms. The van der Waals surface area contributed by atoms with Crippen LogP contribution in [0.4, 0.5) is 4.39 Å². The second-order valence-electron chi connectivity index (χ2n) is 2.50. The van der Waals surface area contributed by atoms with E-state index in [0.717, 1.165) is 0 Å². The number of aldehydes is 1. The summed E-state index contributed by atoms with van der Waals surface area (Å²) in [6.07, 6.45) is 2.02. The summed E-state index contributed by atoms with van der Waals surface area (Å²) in [5.74, 6) is -2.35. The number of aromatic carboxylic acids is 1. The SMILES string of the molecule is CSc1cc(C=O)c(F)c(C(=O)O)c1. The molecule has 0 amide bonds. The number of hydrogen-bond donors (Lipinski definition) is 1. The van der Waals surface area contributed by atoms with Crippen LogP contribution in [0.2, 0.25) is 0 Å². The average Bonchev–Trinajstić information content (AvgIpc) is 2.17. The summed E-state index contributed by atoms with van der Waals surface area (Å²) < 4.78 is 13.2. The number of carboxylic acid groups (broad SMARTS) is 1. The van der Waals surface area contributed by atoms with Crippen molar-refractivity contribution in [1.82, 2.24) is 0 Å². The molecule has 0 aliphatic rings. The minimum Gasteiger partial charge on any atom is -0.478 e. The van der Waals surface area contributed by atoms with Gasteiger partial charge in [0.2, 0.25) is 0 Å². The predicted molar refractivity (Wildman–Crippen MR) is 50.5 cm³/mol. The lowest BCUT2D eigenvalue weighted by atomic mass is 10.1. The van der Waals surface area contributed by atoms with Gasteiger partial charge in [-0.15, -0.1) is 11.8 Å². The highest BCUT2D eigenvalue weighted by molar-refractivity contribution is 7.98. The van der Waals surface area contributed by atoms with Crippen molar-refractivity contribution >= 4 is 24.0 Å². The van der Waals surface area contributed by atoms with Gasteiger partial charge in [-0.05, 0) is 18.4 Å². The van der Waals surface area contributed by atoms with E-state index in [1.165, 1.54) is 23.9 Å². The first-order chi connectivity index (χ1) is 6.60. The quantitative estimate of drug-likeness (QED) is 0.618. The Balaban J connectivity index is 3.41. The third-order valence-electron chi connectivity index (χ3n) is 1.67. The zero-order valence-corrected chi connectivity index (χ0v) is 8.10. The maximum atomic E-state index is 13.2. The summed E-state index contributed by atoms with van der Waals surface area (Å²) in [5.41, 5.74) is -0.701. The highest BCUT2D eigenvalue weighted by Crippen LogP contribution is 2.21. The van der Waals surface area contributed by atoms with Crippen molar-refractivity contribution in [2.75, 3.05) is 6.26 Å². The smallest absolute Gasteiger partial charge is 0.338 e. The fourth-order valence-electron chi connectivity index (χ4n) is 0.979. The van der Waals surface area contributed by atoms with Gasteiger partial charge in [0.05, 0.1) is 11.1 Å². The molecule has 1 aromatic rings. The highest BCUT2D eigenvalue weighted by atomic mass is 32.2. The van der Waals surface area contributed by atoms with Crippen LogP contribution in [-0.4, -0.2) is 23.6 Å². The molecule has 0 aliphatic carbocycles. The average molecular weight is 214 g/mol. The Morgan fingerprint density at radius 2 is 2.21 bits per heavy atom. The molecule has 1 aromatic carbocycles. The fraction of sp³-hybridized carbons (Fsp3) is 0.111. The second-order valence-corrected chi connectivity index (χ2v) is 3.38. The van der Waals surface area contributed by atoms with Crippen LogP contribution in [-0.2, 0) is 0 Å². The topological polar surface area (TPSA) is 54.4 Å². The predicted octanol–water partition coefficient (Wildman–Crippen LogP) is 2.06. The molecule has 0 aliphatic heterocycles. The third kappa shape index (κ3) is 1.93. The van der Waals surface area contributed by atoms with Crippen molar-refractivity contribution in [3.63, 3.8) is 0 Å². The van der Waals surface area contributed by atoms with Gasteiger partial charge in [0.1, 0.15) is 5.82 Å². The van der Waals surface area contributed by atoms with Crippen LogP contribution < -0.4 is 0 Å². The molecule has 0 unspecified atom stereocenters. The lowest BCUT2D eigenvalue weighted by Gasteiger charge is -2.03. The standard InChI is InChI=1S/C9H7FO3S/c1-14-6-2-5(4-11)8(10)7(3-6)9(12)13/h2-4H,1H3,(H,12,13). The monoisotopic (exact) mass is 214 g/mol. The Kier molecular flexibility index (Phi) is 3.24. The van der Waals surface area contributed by atoms with Crippen LogP contribution >= 0.6 is 11.8 Å². The Bertz CT molecular complexity index is 390. The van der Waals surface area contributed by atoms with Crippen molar-refractivity contribution in [3.05, 3.63) is 29.1 Å². The van der Waals surface area contributed by atoms with Crippen molar-refractivity contribution in [2.24, 2.45) is 0 Å². The summed E-state index contributed by atoms with van der Waals surface area (Å²) >= 11 is 1.25. The number of carboxylic acids is 1. The van der Waals surface area contributed by atoms with Crippen LogP contribution in [0, 0.1) is 5.82 Å². The first-order valence-electron chi connectivity index (χ1n) is 3.66. The van der Waals surface area contributed by atoms with E-state index in [2.05, 4.69) is 0 Å². The summed E-state index contributed by atoms with van der Waals surface area (Å²) in [6.45, 7) is 0. The molecule has 3 nitrogen and oxygen atoms in total. The summed E-state index contributed by atoms with van der Waals surface area (Å²) in [5, 5.41) is 8.64. The third-order valence-corrected chi connectivity index (χ3v) is 2.37. The molecule has 74 valence electrons. The van der Waals surface area contributed by atoms with Crippen LogP contribution in [0.1, 0.15) is 20.7 Å². The fourth-order valence-corrected chi connectivity index (χ4v) is 1.46. The zero-order chi connectivity index (χ0) is 10.7. The number of carbonyl (C=O) groups is 2. The lowest BCUT2D eigenvalue weighted by molar-refractivity contribution is 0.0691. The Hall–Kier alpha value is -1.36. The molecule has 5 heteroatoms. The van der Waals surface area contributed by atoms with E-state index < -0.39 is 17.3 Å². The minimum atomic E-state index is -1.37. The van der Waals surface area contributed by atoms with Gasteiger partial charge in [0, 0.05) is 4.90 Å². The molecule has 0 saturated heterocycles. The van der Waals surface area contributed by atoms with Gasteiger partial charge in [0.15, 0.2) is 6.29 Å².